The number of rotatable bonds is 2. The van der Waals surface area contributed by atoms with Crippen LogP contribution in [0.4, 0.5) is 4.39 Å². The van der Waals surface area contributed by atoms with Crippen LogP contribution in [0, 0.1) is 3.57 Å². The Morgan fingerprint density at radius 1 is 1.31 bits per heavy atom. The highest BCUT2D eigenvalue weighted by molar-refractivity contribution is 14.1. The zero-order valence-electron chi connectivity index (χ0n) is 8.44. The SMILES string of the molecule is O=S(=O)(c1ccc(I)cc1)N1CCCC1F. The average Bonchev–Trinajstić information content (AvgIpc) is 2.66. The van der Waals surface area contributed by atoms with Gasteiger partial charge in [-0.15, -0.1) is 0 Å². The summed E-state index contributed by atoms with van der Waals surface area (Å²) < 4.78 is 39.4. The molecular formula is C10H11FINO2S. The Hall–Kier alpha value is -0.210. The highest BCUT2D eigenvalue weighted by atomic mass is 127. The van der Waals surface area contributed by atoms with Crippen molar-refractivity contribution in [3.05, 3.63) is 27.8 Å². The molecule has 1 atom stereocenters. The van der Waals surface area contributed by atoms with Gasteiger partial charge >= 0.3 is 0 Å². The zero-order chi connectivity index (χ0) is 11.8. The second kappa shape index (κ2) is 4.58. The van der Waals surface area contributed by atoms with Gasteiger partial charge in [-0.25, -0.2) is 12.8 Å². The van der Waals surface area contributed by atoms with Gasteiger partial charge < -0.3 is 0 Å². The van der Waals surface area contributed by atoms with Crippen molar-refractivity contribution in [2.75, 3.05) is 6.54 Å². The first-order valence-electron chi connectivity index (χ1n) is 4.93. The summed E-state index contributed by atoms with van der Waals surface area (Å²) in [6, 6.07) is 6.44. The van der Waals surface area contributed by atoms with E-state index in [-0.39, 0.29) is 11.4 Å². The minimum Gasteiger partial charge on any atom is -0.229 e. The molecular weight excluding hydrogens is 344 g/mol. The first kappa shape index (κ1) is 12.3. The van der Waals surface area contributed by atoms with Crippen LogP contribution in [0.2, 0.25) is 0 Å². The fourth-order valence-electron chi connectivity index (χ4n) is 1.71. The van der Waals surface area contributed by atoms with Crippen molar-refractivity contribution in [3.8, 4) is 0 Å². The topological polar surface area (TPSA) is 37.4 Å². The molecule has 1 heterocycles. The molecule has 0 bridgehead atoms. The molecule has 0 N–H and O–H groups in total. The van der Waals surface area contributed by atoms with Crippen LogP contribution >= 0.6 is 22.6 Å². The van der Waals surface area contributed by atoms with Crippen LogP contribution in [0.1, 0.15) is 12.8 Å². The highest BCUT2D eigenvalue weighted by Gasteiger charge is 2.35. The van der Waals surface area contributed by atoms with Crippen LogP contribution in [0.3, 0.4) is 0 Å². The molecule has 1 saturated heterocycles. The van der Waals surface area contributed by atoms with Crippen molar-refractivity contribution in [1.29, 1.82) is 0 Å². The lowest BCUT2D eigenvalue weighted by atomic mass is 10.4. The number of halogens is 2. The van der Waals surface area contributed by atoms with Gasteiger partial charge in [0.05, 0.1) is 4.90 Å². The van der Waals surface area contributed by atoms with Crippen LogP contribution in [-0.2, 0) is 10.0 Å². The Labute approximate surface area is 108 Å². The van der Waals surface area contributed by atoms with Gasteiger partial charge in [0, 0.05) is 10.1 Å². The summed E-state index contributed by atoms with van der Waals surface area (Å²) in [5, 5.41) is 0. The number of hydrogen-bond donors (Lipinski definition) is 0. The summed E-state index contributed by atoms with van der Waals surface area (Å²) in [7, 11) is -3.65. The molecule has 2 rings (SSSR count). The predicted octanol–water partition coefficient (Wildman–Crippen LogP) is 2.37. The van der Waals surface area contributed by atoms with E-state index in [4.69, 9.17) is 0 Å². The fourth-order valence-corrected chi connectivity index (χ4v) is 3.60. The Kier molecular flexibility index (Phi) is 3.50. The van der Waals surface area contributed by atoms with Crippen LogP contribution in [0.25, 0.3) is 0 Å². The molecule has 0 aromatic heterocycles. The zero-order valence-corrected chi connectivity index (χ0v) is 11.4. The van der Waals surface area contributed by atoms with Crippen LogP contribution in [0.15, 0.2) is 29.2 Å². The number of hydrogen-bond acceptors (Lipinski definition) is 2. The van der Waals surface area contributed by atoms with Gasteiger partial charge in [0.25, 0.3) is 0 Å². The average molecular weight is 355 g/mol. The normalized spacial score (nSPS) is 22.5. The van der Waals surface area contributed by atoms with E-state index in [9.17, 15) is 12.8 Å². The number of benzene rings is 1. The molecule has 6 heteroatoms. The van der Waals surface area contributed by atoms with E-state index in [1.54, 1.807) is 12.1 Å². The van der Waals surface area contributed by atoms with Gasteiger partial charge in [-0.3, -0.25) is 0 Å². The fraction of sp³-hybridized carbons (Fsp3) is 0.400. The third kappa shape index (κ3) is 2.23. The Morgan fingerprint density at radius 2 is 1.94 bits per heavy atom. The molecule has 0 saturated carbocycles. The molecule has 1 fully saturated rings. The lowest BCUT2D eigenvalue weighted by molar-refractivity contribution is 0.211. The van der Waals surface area contributed by atoms with Crippen molar-refractivity contribution in [1.82, 2.24) is 4.31 Å². The van der Waals surface area contributed by atoms with Crippen LogP contribution in [-0.4, -0.2) is 25.6 Å². The van der Waals surface area contributed by atoms with E-state index in [1.165, 1.54) is 12.1 Å². The first-order valence-corrected chi connectivity index (χ1v) is 7.45. The van der Waals surface area contributed by atoms with E-state index in [0.717, 1.165) is 7.88 Å². The Balaban J connectivity index is 2.35. The second-order valence-electron chi connectivity index (χ2n) is 3.65. The van der Waals surface area contributed by atoms with Gasteiger partial charge in [-0.1, -0.05) is 0 Å². The van der Waals surface area contributed by atoms with E-state index in [2.05, 4.69) is 22.6 Å². The summed E-state index contributed by atoms with van der Waals surface area (Å²) in [4.78, 5) is 0.164. The van der Waals surface area contributed by atoms with E-state index < -0.39 is 16.3 Å². The quantitative estimate of drug-likeness (QED) is 0.604. The van der Waals surface area contributed by atoms with Gasteiger partial charge in [0.15, 0.2) is 6.30 Å². The lowest BCUT2D eigenvalue weighted by Crippen LogP contribution is -2.32. The molecule has 1 aromatic rings. The smallest absolute Gasteiger partial charge is 0.229 e. The second-order valence-corrected chi connectivity index (χ2v) is 6.78. The van der Waals surface area contributed by atoms with Crippen LogP contribution in [0.5, 0.6) is 0 Å². The van der Waals surface area contributed by atoms with Crippen molar-refractivity contribution in [2.24, 2.45) is 0 Å². The van der Waals surface area contributed by atoms with E-state index >= 15 is 0 Å². The maximum absolute atomic E-state index is 13.4. The molecule has 88 valence electrons. The minimum atomic E-state index is -3.65. The van der Waals surface area contributed by atoms with E-state index in [0.29, 0.717) is 12.8 Å². The highest BCUT2D eigenvalue weighted by Crippen LogP contribution is 2.26. The predicted molar refractivity (Wildman–Crippen MR) is 67.2 cm³/mol. The summed E-state index contributed by atoms with van der Waals surface area (Å²) in [6.07, 6.45) is -0.488. The molecule has 0 radical (unpaired) electrons. The minimum absolute atomic E-state index is 0.164. The molecule has 16 heavy (non-hydrogen) atoms. The molecule has 3 nitrogen and oxygen atoms in total. The Bertz CT molecular complexity index is 474. The van der Waals surface area contributed by atoms with Gasteiger partial charge in [-0.05, 0) is 59.7 Å². The molecule has 0 spiro atoms. The Morgan fingerprint density at radius 3 is 2.44 bits per heavy atom. The first-order chi connectivity index (χ1) is 7.51. The summed E-state index contributed by atoms with van der Waals surface area (Å²) in [5.41, 5.74) is 0. The third-order valence-electron chi connectivity index (χ3n) is 2.55. The number of nitrogens with zero attached hydrogens (tertiary/aromatic N) is 1. The largest absolute Gasteiger partial charge is 0.245 e. The number of sulfonamides is 1. The molecule has 0 amide bonds. The standard InChI is InChI=1S/C10H11FINO2S/c11-10-2-1-7-13(10)16(14,15)9-5-3-8(12)4-6-9/h3-6,10H,1-2,7H2. The maximum Gasteiger partial charge on any atom is 0.245 e. The molecule has 1 aliphatic heterocycles. The molecule has 1 unspecified atom stereocenters. The van der Waals surface area contributed by atoms with E-state index in [1.807, 2.05) is 0 Å². The van der Waals surface area contributed by atoms with Crippen LogP contribution < -0.4 is 0 Å². The van der Waals surface area contributed by atoms with Crippen molar-refractivity contribution < 1.29 is 12.8 Å². The molecule has 1 aliphatic rings. The van der Waals surface area contributed by atoms with Gasteiger partial charge in [0.1, 0.15) is 0 Å². The van der Waals surface area contributed by atoms with Crippen molar-refractivity contribution in [3.63, 3.8) is 0 Å². The number of alkyl halides is 1. The summed E-state index contributed by atoms with van der Waals surface area (Å²) in [6.45, 7) is 0.273. The van der Waals surface area contributed by atoms with Crippen molar-refractivity contribution in [2.45, 2.75) is 24.0 Å². The summed E-state index contributed by atoms with van der Waals surface area (Å²) in [5.74, 6) is 0. The third-order valence-corrected chi connectivity index (χ3v) is 5.17. The maximum atomic E-state index is 13.4. The van der Waals surface area contributed by atoms with Gasteiger partial charge in [-0.2, -0.15) is 4.31 Å². The van der Waals surface area contributed by atoms with Gasteiger partial charge in [0.2, 0.25) is 10.0 Å². The van der Waals surface area contributed by atoms with Crippen molar-refractivity contribution >= 4 is 32.6 Å². The lowest BCUT2D eigenvalue weighted by Gasteiger charge is -2.18. The summed E-state index contributed by atoms with van der Waals surface area (Å²) >= 11 is 2.09. The monoisotopic (exact) mass is 355 g/mol. The molecule has 1 aromatic carbocycles. The molecule has 0 aliphatic carbocycles.